The zero-order valence-electron chi connectivity index (χ0n) is 15.5. The van der Waals surface area contributed by atoms with E-state index in [9.17, 15) is 0 Å². The minimum Gasteiger partial charge on any atom is -0.307 e. The molecule has 0 aliphatic carbocycles. The number of nitrogens with one attached hydrogen (secondary N) is 1. The van der Waals surface area contributed by atoms with Crippen molar-refractivity contribution in [2.75, 3.05) is 19.6 Å². The zero-order chi connectivity index (χ0) is 17.3. The highest BCUT2D eigenvalue weighted by atomic mass is 15.1. The molecule has 0 radical (unpaired) electrons. The summed E-state index contributed by atoms with van der Waals surface area (Å²) >= 11 is 0. The molecule has 3 rings (SSSR count). The molecule has 1 unspecified atom stereocenters. The molecule has 0 saturated carbocycles. The molecule has 25 heavy (non-hydrogen) atoms. The Morgan fingerprint density at radius 3 is 2.24 bits per heavy atom. The summed E-state index contributed by atoms with van der Waals surface area (Å²) in [5, 5.41) is 3.94. The van der Waals surface area contributed by atoms with Crippen LogP contribution in [0, 0.1) is 0 Å². The van der Waals surface area contributed by atoms with Crippen LogP contribution in [0.3, 0.4) is 0 Å². The van der Waals surface area contributed by atoms with Crippen LogP contribution < -0.4 is 5.32 Å². The Kier molecular flexibility index (Phi) is 7.08. The Balaban J connectivity index is 1.45. The van der Waals surface area contributed by atoms with Gasteiger partial charge in [-0.1, -0.05) is 74.0 Å². The van der Waals surface area contributed by atoms with Gasteiger partial charge in [0.25, 0.3) is 0 Å². The largest absolute Gasteiger partial charge is 0.307 e. The van der Waals surface area contributed by atoms with Crippen molar-refractivity contribution < 1.29 is 0 Å². The van der Waals surface area contributed by atoms with Crippen molar-refractivity contribution in [3.63, 3.8) is 0 Å². The summed E-state index contributed by atoms with van der Waals surface area (Å²) in [4.78, 5) is 2.63. The van der Waals surface area contributed by atoms with E-state index in [1.807, 2.05) is 0 Å². The van der Waals surface area contributed by atoms with Gasteiger partial charge in [0.15, 0.2) is 0 Å². The maximum absolute atomic E-state index is 3.94. The quantitative estimate of drug-likeness (QED) is 0.743. The first-order chi connectivity index (χ1) is 12.3. The van der Waals surface area contributed by atoms with Gasteiger partial charge in [0.05, 0.1) is 0 Å². The number of benzene rings is 2. The van der Waals surface area contributed by atoms with Crippen LogP contribution in [0.15, 0.2) is 60.7 Å². The van der Waals surface area contributed by atoms with Crippen LogP contribution in [-0.2, 0) is 6.42 Å². The fraction of sp³-hybridized carbons (Fsp3) is 0.478. The molecule has 2 heteroatoms. The smallest absolute Gasteiger partial charge is 0.0322 e. The van der Waals surface area contributed by atoms with Gasteiger partial charge >= 0.3 is 0 Å². The first kappa shape index (κ1) is 18.2. The summed E-state index contributed by atoms with van der Waals surface area (Å²) < 4.78 is 0. The first-order valence-electron chi connectivity index (χ1n) is 9.92. The molecule has 2 nitrogen and oxygen atoms in total. The van der Waals surface area contributed by atoms with Gasteiger partial charge in [-0.15, -0.1) is 0 Å². The van der Waals surface area contributed by atoms with Crippen LogP contribution >= 0.6 is 0 Å². The Labute approximate surface area is 153 Å². The first-order valence-corrected chi connectivity index (χ1v) is 9.92. The number of likely N-dealkylation sites (tertiary alicyclic amines) is 1. The van der Waals surface area contributed by atoms with E-state index in [1.54, 1.807) is 0 Å². The number of nitrogens with zero attached hydrogens (tertiary/aromatic N) is 1. The molecule has 0 bridgehead atoms. The van der Waals surface area contributed by atoms with Crippen LogP contribution in [0.2, 0.25) is 0 Å². The van der Waals surface area contributed by atoms with E-state index in [0.717, 1.165) is 0 Å². The number of rotatable bonds is 8. The summed E-state index contributed by atoms with van der Waals surface area (Å²) in [6, 6.07) is 23.0. The second-order valence-electron chi connectivity index (χ2n) is 7.27. The van der Waals surface area contributed by atoms with Crippen LogP contribution in [-0.4, -0.2) is 30.6 Å². The zero-order valence-corrected chi connectivity index (χ0v) is 15.5. The Bertz CT molecular complexity index is 588. The van der Waals surface area contributed by atoms with E-state index in [4.69, 9.17) is 0 Å². The van der Waals surface area contributed by atoms with Gasteiger partial charge in [0.2, 0.25) is 0 Å². The fourth-order valence-corrected chi connectivity index (χ4v) is 3.86. The molecular formula is C23H32N2. The maximum Gasteiger partial charge on any atom is 0.0322 e. The molecule has 134 valence electrons. The summed E-state index contributed by atoms with van der Waals surface area (Å²) in [6.07, 6.45) is 6.14. The van der Waals surface area contributed by atoms with Gasteiger partial charge in [0.1, 0.15) is 0 Å². The second kappa shape index (κ2) is 9.74. The van der Waals surface area contributed by atoms with Gasteiger partial charge in [-0.05, 0) is 49.9 Å². The third-order valence-corrected chi connectivity index (χ3v) is 5.36. The number of hydrogen-bond donors (Lipinski definition) is 1. The minimum absolute atomic E-state index is 0.507. The molecule has 1 fully saturated rings. The van der Waals surface area contributed by atoms with Gasteiger partial charge in [0, 0.05) is 18.6 Å². The van der Waals surface area contributed by atoms with Gasteiger partial charge < -0.3 is 10.2 Å². The number of piperidine rings is 1. The molecule has 2 aromatic carbocycles. The van der Waals surface area contributed by atoms with Crippen LogP contribution in [0.4, 0.5) is 0 Å². The fourth-order valence-electron chi connectivity index (χ4n) is 3.86. The molecule has 0 amide bonds. The van der Waals surface area contributed by atoms with Gasteiger partial charge in [-0.25, -0.2) is 0 Å². The average Bonchev–Trinajstić information content (AvgIpc) is 2.68. The van der Waals surface area contributed by atoms with Crippen molar-refractivity contribution in [2.45, 2.75) is 51.1 Å². The van der Waals surface area contributed by atoms with E-state index >= 15 is 0 Å². The van der Waals surface area contributed by atoms with E-state index < -0.39 is 0 Å². The molecule has 1 heterocycles. The Morgan fingerprint density at radius 1 is 0.960 bits per heavy atom. The van der Waals surface area contributed by atoms with Gasteiger partial charge in [-0.3, -0.25) is 0 Å². The molecule has 1 N–H and O–H groups in total. The summed E-state index contributed by atoms with van der Waals surface area (Å²) in [5.41, 5.74) is 2.89. The Morgan fingerprint density at radius 2 is 1.60 bits per heavy atom. The lowest BCUT2D eigenvalue weighted by Gasteiger charge is -2.35. The molecule has 1 aliphatic rings. The monoisotopic (exact) mass is 336 g/mol. The average molecular weight is 337 g/mol. The van der Waals surface area contributed by atoms with Crippen LogP contribution in [0.1, 0.15) is 49.8 Å². The standard InChI is InChI=1S/C23H32N2/c1-2-9-23(21-12-7-4-8-13-21)24-22-15-18-25(19-16-22)17-14-20-10-5-3-6-11-20/h3-8,10-13,22-24H,2,9,14-19H2,1H3. The molecule has 1 atom stereocenters. The van der Waals surface area contributed by atoms with Crippen molar-refractivity contribution in [2.24, 2.45) is 0 Å². The van der Waals surface area contributed by atoms with Crippen molar-refractivity contribution in [1.29, 1.82) is 0 Å². The van der Waals surface area contributed by atoms with Crippen LogP contribution in [0.25, 0.3) is 0 Å². The third-order valence-electron chi connectivity index (χ3n) is 5.36. The minimum atomic E-state index is 0.507. The molecule has 1 aliphatic heterocycles. The lowest BCUT2D eigenvalue weighted by Crippen LogP contribution is -2.44. The van der Waals surface area contributed by atoms with E-state index in [0.29, 0.717) is 12.1 Å². The van der Waals surface area contributed by atoms with Crippen molar-refractivity contribution >= 4 is 0 Å². The highest BCUT2D eigenvalue weighted by molar-refractivity contribution is 5.19. The topological polar surface area (TPSA) is 15.3 Å². The summed E-state index contributed by atoms with van der Waals surface area (Å²) in [5.74, 6) is 0. The molecule has 0 aromatic heterocycles. The van der Waals surface area contributed by atoms with Crippen molar-refractivity contribution in [1.82, 2.24) is 10.2 Å². The maximum atomic E-state index is 3.94. The lowest BCUT2D eigenvalue weighted by molar-refractivity contribution is 0.191. The van der Waals surface area contributed by atoms with E-state index in [1.165, 1.54) is 62.9 Å². The summed E-state index contributed by atoms with van der Waals surface area (Å²) in [6.45, 7) is 5.91. The molecular weight excluding hydrogens is 304 g/mol. The highest BCUT2D eigenvalue weighted by Gasteiger charge is 2.21. The predicted octanol–water partition coefficient (Wildman–Crippen LogP) is 4.82. The van der Waals surface area contributed by atoms with Gasteiger partial charge in [-0.2, -0.15) is 0 Å². The predicted molar refractivity (Wildman–Crippen MR) is 107 cm³/mol. The molecule has 0 spiro atoms. The normalized spacial score (nSPS) is 17.5. The van der Waals surface area contributed by atoms with Crippen molar-refractivity contribution in [3.05, 3.63) is 71.8 Å². The molecule has 2 aromatic rings. The van der Waals surface area contributed by atoms with E-state index in [2.05, 4.69) is 77.8 Å². The summed E-state index contributed by atoms with van der Waals surface area (Å²) in [7, 11) is 0. The lowest BCUT2D eigenvalue weighted by atomic mass is 9.98. The SMILES string of the molecule is CCCC(NC1CCN(CCc2ccccc2)CC1)c1ccccc1. The number of hydrogen-bond acceptors (Lipinski definition) is 2. The third kappa shape index (κ3) is 5.69. The van der Waals surface area contributed by atoms with E-state index in [-0.39, 0.29) is 0 Å². The Hall–Kier alpha value is -1.64. The highest BCUT2D eigenvalue weighted by Crippen LogP contribution is 2.22. The van der Waals surface area contributed by atoms with Crippen molar-refractivity contribution in [3.8, 4) is 0 Å². The second-order valence-corrected chi connectivity index (χ2v) is 7.27. The van der Waals surface area contributed by atoms with Crippen LogP contribution in [0.5, 0.6) is 0 Å². The molecule has 1 saturated heterocycles.